The lowest BCUT2D eigenvalue weighted by Crippen LogP contribution is -2.24. The first-order valence-corrected chi connectivity index (χ1v) is 6.06. The fourth-order valence-corrected chi connectivity index (χ4v) is 1.86. The molecule has 0 saturated carbocycles. The molecule has 2 heterocycles. The molecule has 0 aliphatic carbocycles. The lowest BCUT2D eigenvalue weighted by atomic mass is 10.2. The number of imidazole rings is 1. The van der Waals surface area contributed by atoms with E-state index in [1.165, 1.54) is 6.26 Å². The van der Waals surface area contributed by atoms with Gasteiger partial charge in [0.2, 0.25) is 0 Å². The Morgan fingerprint density at radius 3 is 3.12 bits per heavy atom. The summed E-state index contributed by atoms with van der Waals surface area (Å²) in [5.74, 6) is 0.800. The normalized spacial score (nSPS) is 10.4. The first kappa shape index (κ1) is 11.9. The third-order valence-corrected chi connectivity index (χ3v) is 2.91. The minimum Gasteiger partial charge on any atom is -0.457 e. The highest BCUT2D eigenvalue weighted by molar-refractivity contribution is 9.10. The molecule has 6 heteroatoms. The molecule has 0 radical (unpaired) electrons. The van der Waals surface area contributed by atoms with E-state index in [1.807, 2.05) is 0 Å². The van der Waals surface area contributed by atoms with Gasteiger partial charge in [0.1, 0.15) is 5.82 Å². The predicted molar refractivity (Wildman–Crippen MR) is 65.6 cm³/mol. The summed E-state index contributed by atoms with van der Waals surface area (Å²) in [6.07, 6.45) is 6.64. The van der Waals surface area contributed by atoms with Crippen LogP contribution in [0.5, 0.6) is 0 Å². The first-order chi connectivity index (χ1) is 8.27. The Hall–Kier alpha value is -1.56. The Morgan fingerprint density at radius 1 is 1.59 bits per heavy atom. The number of aromatic amines is 1. The molecule has 0 saturated heterocycles. The highest BCUT2D eigenvalue weighted by Gasteiger charge is 2.11. The Labute approximate surface area is 107 Å². The molecule has 0 aromatic carbocycles. The van der Waals surface area contributed by atoms with Crippen molar-refractivity contribution < 1.29 is 9.21 Å². The number of amides is 1. The smallest absolute Gasteiger partial charge is 0.255 e. The number of nitrogens with zero attached hydrogens (tertiary/aromatic N) is 1. The van der Waals surface area contributed by atoms with E-state index in [0.717, 1.165) is 18.7 Å². The van der Waals surface area contributed by atoms with E-state index < -0.39 is 0 Å². The average Bonchev–Trinajstić information content (AvgIpc) is 2.95. The molecule has 0 bridgehead atoms. The molecule has 2 N–H and O–H groups in total. The number of aromatic nitrogens is 2. The van der Waals surface area contributed by atoms with Crippen molar-refractivity contribution in [2.24, 2.45) is 0 Å². The van der Waals surface area contributed by atoms with E-state index in [1.54, 1.807) is 18.5 Å². The largest absolute Gasteiger partial charge is 0.457 e. The van der Waals surface area contributed by atoms with Crippen LogP contribution in [-0.4, -0.2) is 22.4 Å². The summed E-state index contributed by atoms with van der Waals surface area (Å²) in [5, 5.41) is 2.82. The minimum absolute atomic E-state index is 0.134. The molecule has 17 heavy (non-hydrogen) atoms. The van der Waals surface area contributed by atoms with Gasteiger partial charge in [0.05, 0.1) is 11.8 Å². The van der Waals surface area contributed by atoms with E-state index in [4.69, 9.17) is 4.42 Å². The van der Waals surface area contributed by atoms with Crippen molar-refractivity contribution in [3.8, 4) is 0 Å². The van der Waals surface area contributed by atoms with Crippen molar-refractivity contribution in [3.63, 3.8) is 0 Å². The van der Waals surface area contributed by atoms with Crippen molar-refractivity contribution in [2.75, 3.05) is 6.54 Å². The number of rotatable bonds is 5. The lowest BCUT2D eigenvalue weighted by Gasteiger charge is -2.02. The van der Waals surface area contributed by atoms with Gasteiger partial charge in [0, 0.05) is 25.4 Å². The minimum atomic E-state index is -0.134. The zero-order chi connectivity index (χ0) is 12.1. The zero-order valence-electron chi connectivity index (χ0n) is 9.07. The summed E-state index contributed by atoms with van der Waals surface area (Å²) in [7, 11) is 0. The number of carbonyl (C=O) groups excluding carboxylic acids is 1. The summed E-state index contributed by atoms with van der Waals surface area (Å²) >= 11 is 3.16. The number of aryl methyl sites for hydroxylation is 1. The van der Waals surface area contributed by atoms with Gasteiger partial charge in [-0.2, -0.15) is 0 Å². The van der Waals surface area contributed by atoms with Crippen LogP contribution in [0.3, 0.4) is 0 Å². The number of carbonyl (C=O) groups is 1. The van der Waals surface area contributed by atoms with Crippen molar-refractivity contribution in [1.29, 1.82) is 0 Å². The van der Waals surface area contributed by atoms with Gasteiger partial charge >= 0.3 is 0 Å². The molecular weight excluding hydrogens is 286 g/mol. The van der Waals surface area contributed by atoms with Crippen LogP contribution in [0.1, 0.15) is 22.6 Å². The predicted octanol–water partition coefficient (Wildman–Crippen LogP) is 2.13. The first-order valence-electron chi connectivity index (χ1n) is 5.27. The lowest BCUT2D eigenvalue weighted by molar-refractivity contribution is 0.0951. The second-order valence-electron chi connectivity index (χ2n) is 3.50. The highest BCUT2D eigenvalue weighted by Crippen LogP contribution is 2.16. The van der Waals surface area contributed by atoms with Gasteiger partial charge in [-0.25, -0.2) is 4.98 Å². The number of hydrogen-bond donors (Lipinski definition) is 2. The molecule has 0 fully saturated rings. The molecule has 90 valence electrons. The Balaban J connectivity index is 1.72. The fraction of sp³-hybridized carbons (Fsp3) is 0.273. The molecule has 2 rings (SSSR count). The van der Waals surface area contributed by atoms with Gasteiger partial charge in [-0.15, -0.1) is 0 Å². The summed E-state index contributed by atoms with van der Waals surface area (Å²) in [4.78, 5) is 18.8. The van der Waals surface area contributed by atoms with Gasteiger partial charge < -0.3 is 14.7 Å². The van der Waals surface area contributed by atoms with Crippen molar-refractivity contribution >= 4 is 21.8 Å². The standard InChI is InChI=1S/C11H12BrN3O2/c12-10-8(3-7-17-10)11(16)15-4-1-2-9-13-5-6-14-9/h3,5-7H,1-2,4H2,(H,13,14)(H,15,16). The van der Waals surface area contributed by atoms with Gasteiger partial charge in [-0.1, -0.05) is 0 Å². The van der Waals surface area contributed by atoms with Crippen LogP contribution in [0, 0.1) is 0 Å². The topological polar surface area (TPSA) is 70.9 Å². The fourth-order valence-electron chi connectivity index (χ4n) is 1.44. The molecule has 0 aliphatic rings. The SMILES string of the molecule is O=C(NCCCc1ncc[nH]1)c1ccoc1Br. The summed E-state index contributed by atoms with van der Waals surface area (Å²) in [5.41, 5.74) is 0.517. The van der Waals surface area contributed by atoms with Crippen LogP contribution in [0.4, 0.5) is 0 Å². The van der Waals surface area contributed by atoms with E-state index >= 15 is 0 Å². The van der Waals surface area contributed by atoms with Crippen LogP contribution in [0.2, 0.25) is 0 Å². The maximum Gasteiger partial charge on any atom is 0.255 e. The highest BCUT2D eigenvalue weighted by atomic mass is 79.9. The van der Waals surface area contributed by atoms with Crippen LogP contribution in [0.25, 0.3) is 0 Å². The number of H-pyrrole nitrogens is 1. The molecular formula is C11H12BrN3O2. The molecule has 0 spiro atoms. The third-order valence-electron chi connectivity index (χ3n) is 2.29. The average molecular weight is 298 g/mol. The molecule has 0 unspecified atom stereocenters. The van der Waals surface area contributed by atoms with Crippen LogP contribution < -0.4 is 5.32 Å². The molecule has 1 amide bonds. The number of nitrogens with one attached hydrogen (secondary N) is 2. The van der Waals surface area contributed by atoms with Crippen LogP contribution in [0.15, 0.2) is 33.8 Å². The zero-order valence-corrected chi connectivity index (χ0v) is 10.7. The third kappa shape index (κ3) is 3.20. The van der Waals surface area contributed by atoms with Crippen molar-refractivity contribution in [1.82, 2.24) is 15.3 Å². The number of furan rings is 1. The maximum atomic E-state index is 11.7. The van der Waals surface area contributed by atoms with Gasteiger partial charge in [-0.3, -0.25) is 4.79 Å². The van der Waals surface area contributed by atoms with E-state index in [9.17, 15) is 4.79 Å². The summed E-state index contributed by atoms with van der Waals surface area (Å²) in [6, 6.07) is 1.63. The molecule has 5 nitrogen and oxygen atoms in total. The summed E-state index contributed by atoms with van der Waals surface area (Å²) in [6.45, 7) is 0.608. The Morgan fingerprint density at radius 2 is 2.47 bits per heavy atom. The van der Waals surface area contributed by atoms with Crippen molar-refractivity contribution in [3.05, 3.63) is 40.8 Å². The van der Waals surface area contributed by atoms with E-state index in [0.29, 0.717) is 16.8 Å². The number of hydrogen-bond acceptors (Lipinski definition) is 3. The molecule has 2 aromatic heterocycles. The molecule has 2 aromatic rings. The monoisotopic (exact) mass is 297 g/mol. The number of halogens is 1. The Kier molecular flexibility index (Phi) is 3.98. The van der Waals surface area contributed by atoms with Gasteiger partial charge in [0.25, 0.3) is 5.91 Å². The maximum absolute atomic E-state index is 11.7. The van der Waals surface area contributed by atoms with Gasteiger partial charge in [-0.05, 0) is 28.4 Å². The Bertz CT molecular complexity index is 479. The van der Waals surface area contributed by atoms with E-state index in [2.05, 4.69) is 31.2 Å². The summed E-state index contributed by atoms with van der Waals surface area (Å²) < 4.78 is 5.45. The molecule has 0 atom stereocenters. The second kappa shape index (κ2) is 5.67. The van der Waals surface area contributed by atoms with Crippen LogP contribution >= 0.6 is 15.9 Å². The van der Waals surface area contributed by atoms with E-state index in [-0.39, 0.29) is 5.91 Å². The van der Waals surface area contributed by atoms with Crippen LogP contribution in [-0.2, 0) is 6.42 Å². The van der Waals surface area contributed by atoms with Crippen molar-refractivity contribution in [2.45, 2.75) is 12.8 Å². The second-order valence-corrected chi connectivity index (χ2v) is 4.22. The quantitative estimate of drug-likeness (QED) is 0.831. The molecule has 0 aliphatic heterocycles. The van der Waals surface area contributed by atoms with Gasteiger partial charge in [0.15, 0.2) is 4.67 Å².